The smallest absolute Gasteiger partial charge is 0.407 e. The van der Waals surface area contributed by atoms with Crippen molar-refractivity contribution in [1.29, 1.82) is 0 Å². The lowest BCUT2D eigenvalue weighted by molar-refractivity contribution is -0.134. The number of aryl methyl sites for hydroxylation is 1. The fourth-order valence-corrected chi connectivity index (χ4v) is 2.89. The molecular weight excluding hydrogens is 332 g/mol. The maximum atomic E-state index is 12.4. The molecule has 1 aromatic rings. The molecule has 0 bridgehead atoms. The summed E-state index contributed by atoms with van der Waals surface area (Å²) in [6.45, 7) is 7.76. The summed E-state index contributed by atoms with van der Waals surface area (Å²) < 4.78 is 10.8. The minimum atomic E-state index is -0.372. The fourth-order valence-electron chi connectivity index (χ4n) is 2.89. The maximum Gasteiger partial charge on any atom is 0.407 e. The van der Waals surface area contributed by atoms with E-state index < -0.39 is 0 Å². The van der Waals surface area contributed by atoms with Crippen molar-refractivity contribution < 1.29 is 19.1 Å². The van der Waals surface area contributed by atoms with Gasteiger partial charge in [-0.15, -0.1) is 0 Å². The number of piperidine rings is 1. The Balaban J connectivity index is 1.72. The van der Waals surface area contributed by atoms with Gasteiger partial charge >= 0.3 is 6.09 Å². The molecule has 0 atom stereocenters. The summed E-state index contributed by atoms with van der Waals surface area (Å²) >= 11 is 0. The summed E-state index contributed by atoms with van der Waals surface area (Å²) in [5, 5.41) is 2.88. The van der Waals surface area contributed by atoms with E-state index in [1.165, 1.54) is 0 Å². The quantitative estimate of drug-likeness (QED) is 0.810. The molecule has 1 saturated heterocycles. The van der Waals surface area contributed by atoms with E-state index in [1.807, 2.05) is 38.1 Å². The predicted molar refractivity (Wildman–Crippen MR) is 100 cm³/mol. The van der Waals surface area contributed by atoms with E-state index in [0.29, 0.717) is 25.6 Å². The Hall–Kier alpha value is -2.24. The van der Waals surface area contributed by atoms with E-state index in [0.717, 1.165) is 30.6 Å². The lowest BCUT2D eigenvalue weighted by Gasteiger charge is -2.32. The van der Waals surface area contributed by atoms with Crippen LogP contribution in [-0.2, 0) is 16.0 Å². The van der Waals surface area contributed by atoms with E-state index in [-0.39, 0.29) is 24.6 Å². The Kier molecular flexibility index (Phi) is 7.75. The molecule has 2 rings (SSSR count). The van der Waals surface area contributed by atoms with Crippen molar-refractivity contribution in [1.82, 2.24) is 10.2 Å². The molecule has 0 radical (unpaired) electrons. The maximum absolute atomic E-state index is 12.4. The highest BCUT2D eigenvalue weighted by Gasteiger charge is 2.24. The van der Waals surface area contributed by atoms with Gasteiger partial charge in [-0.05, 0) is 36.8 Å². The van der Waals surface area contributed by atoms with Crippen LogP contribution in [0.25, 0.3) is 0 Å². The van der Waals surface area contributed by atoms with Crippen molar-refractivity contribution in [3.05, 3.63) is 29.8 Å². The van der Waals surface area contributed by atoms with Crippen LogP contribution in [0.15, 0.2) is 24.3 Å². The van der Waals surface area contributed by atoms with Crippen LogP contribution in [-0.4, -0.2) is 49.2 Å². The lowest BCUT2D eigenvalue weighted by Crippen LogP contribution is -2.47. The van der Waals surface area contributed by atoms with Gasteiger partial charge in [0.2, 0.25) is 0 Å². The average Bonchev–Trinajstić information content (AvgIpc) is 2.65. The molecule has 6 heteroatoms. The zero-order chi connectivity index (χ0) is 18.9. The molecule has 0 saturated carbocycles. The summed E-state index contributed by atoms with van der Waals surface area (Å²) in [5.74, 6) is 1.07. The molecule has 6 nitrogen and oxygen atoms in total. The molecule has 2 amide bonds. The van der Waals surface area contributed by atoms with Gasteiger partial charge < -0.3 is 19.7 Å². The molecule has 0 aliphatic carbocycles. The first-order valence-electron chi connectivity index (χ1n) is 9.41. The van der Waals surface area contributed by atoms with E-state index in [1.54, 1.807) is 4.90 Å². The number of nitrogens with zero attached hydrogens (tertiary/aromatic N) is 1. The number of hydrogen-bond acceptors (Lipinski definition) is 4. The normalized spacial score (nSPS) is 15.0. The van der Waals surface area contributed by atoms with Crippen molar-refractivity contribution >= 4 is 12.0 Å². The van der Waals surface area contributed by atoms with E-state index in [9.17, 15) is 9.59 Å². The Bertz CT molecular complexity index is 595. The van der Waals surface area contributed by atoms with Crippen LogP contribution in [0, 0.1) is 5.92 Å². The summed E-state index contributed by atoms with van der Waals surface area (Å²) in [4.78, 5) is 25.9. The zero-order valence-corrected chi connectivity index (χ0v) is 16.0. The van der Waals surface area contributed by atoms with Crippen molar-refractivity contribution in [2.75, 3.05) is 26.3 Å². The highest BCUT2D eigenvalue weighted by atomic mass is 16.5. The number of carbonyl (C=O) groups is 2. The van der Waals surface area contributed by atoms with Crippen LogP contribution in [0.5, 0.6) is 5.75 Å². The minimum Gasteiger partial charge on any atom is -0.483 e. The standard InChI is InChI=1S/C20H30N2O4/c1-4-16-7-5-6-8-18(16)25-14-19(23)22-11-9-17(10-12-22)21-20(24)26-13-15(2)3/h5-8,15,17H,4,9-14H2,1-3H3,(H,21,24). The minimum absolute atomic E-state index is 0.0169. The number of amides is 2. The van der Waals surface area contributed by atoms with Crippen molar-refractivity contribution in [3.8, 4) is 5.75 Å². The third-order valence-electron chi connectivity index (χ3n) is 4.42. The zero-order valence-electron chi connectivity index (χ0n) is 16.0. The SMILES string of the molecule is CCc1ccccc1OCC(=O)N1CCC(NC(=O)OCC(C)C)CC1. The highest BCUT2D eigenvalue weighted by Crippen LogP contribution is 2.18. The second-order valence-corrected chi connectivity index (χ2v) is 7.04. The molecule has 0 unspecified atom stereocenters. The summed E-state index contributed by atoms with van der Waals surface area (Å²) in [7, 11) is 0. The first-order valence-corrected chi connectivity index (χ1v) is 9.41. The molecule has 1 aliphatic heterocycles. The number of ether oxygens (including phenoxy) is 2. The number of alkyl carbamates (subject to hydrolysis) is 1. The molecule has 1 heterocycles. The third kappa shape index (κ3) is 6.24. The number of carbonyl (C=O) groups excluding carboxylic acids is 2. The van der Waals surface area contributed by atoms with E-state index in [4.69, 9.17) is 9.47 Å². The topological polar surface area (TPSA) is 67.9 Å². The molecule has 1 aliphatic rings. The molecule has 1 N–H and O–H groups in total. The number of likely N-dealkylation sites (tertiary alicyclic amines) is 1. The van der Waals surface area contributed by atoms with Gasteiger partial charge in [0.05, 0.1) is 6.61 Å². The second-order valence-electron chi connectivity index (χ2n) is 7.04. The van der Waals surface area contributed by atoms with Crippen molar-refractivity contribution in [3.63, 3.8) is 0 Å². The number of benzene rings is 1. The Morgan fingerprint density at radius 2 is 1.92 bits per heavy atom. The molecular formula is C20H30N2O4. The monoisotopic (exact) mass is 362 g/mol. The number of hydrogen-bond donors (Lipinski definition) is 1. The van der Waals surface area contributed by atoms with Crippen LogP contribution in [0.2, 0.25) is 0 Å². The molecule has 144 valence electrons. The van der Waals surface area contributed by atoms with Crippen molar-refractivity contribution in [2.45, 2.75) is 46.1 Å². The molecule has 0 spiro atoms. The van der Waals surface area contributed by atoms with Gasteiger partial charge in [0.25, 0.3) is 5.91 Å². The van der Waals surface area contributed by atoms with Gasteiger partial charge in [0, 0.05) is 19.1 Å². The number of nitrogens with one attached hydrogen (secondary N) is 1. The number of rotatable bonds is 7. The first kappa shape index (κ1) is 20.1. The molecule has 1 aromatic carbocycles. The first-order chi connectivity index (χ1) is 12.5. The molecule has 1 fully saturated rings. The van der Waals surface area contributed by atoms with Crippen LogP contribution in [0.1, 0.15) is 39.2 Å². The number of para-hydroxylation sites is 1. The Morgan fingerprint density at radius 1 is 1.23 bits per heavy atom. The van der Waals surface area contributed by atoms with Gasteiger partial charge in [-0.3, -0.25) is 4.79 Å². The van der Waals surface area contributed by atoms with E-state index >= 15 is 0 Å². The largest absolute Gasteiger partial charge is 0.483 e. The Labute approximate surface area is 155 Å². The summed E-state index contributed by atoms with van der Waals surface area (Å²) in [6, 6.07) is 7.84. The van der Waals surface area contributed by atoms with Gasteiger partial charge in [-0.2, -0.15) is 0 Å². The van der Waals surface area contributed by atoms with E-state index in [2.05, 4.69) is 12.2 Å². The van der Waals surface area contributed by atoms with Gasteiger partial charge in [0.15, 0.2) is 6.61 Å². The highest BCUT2D eigenvalue weighted by molar-refractivity contribution is 5.78. The summed E-state index contributed by atoms with van der Waals surface area (Å²) in [5.41, 5.74) is 1.10. The Morgan fingerprint density at radius 3 is 2.58 bits per heavy atom. The third-order valence-corrected chi connectivity index (χ3v) is 4.42. The van der Waals surface area contributed by atoms with Crippen LogP contribution in [0.3, 0.4) is 0 Å². The van der Waals surface area contributed by atoms with Gasteiger partial charge in [-0.1, -0.05) is 39.0 Å². The fraction of sp³-hybridized carbons (Fsp3) is 0.600. The van der Waals surface area contributed by atoms with Crippen molar-refractivity contribution in [2.24, 2.45) is 5.92 Å². The molecule has 26 heavy (non-hydrogen) atoms. The van der Waals surface area contributed by atoms with Gasteiger partial charge in [0.1, 0.15) is 5.75 Å². The van der Waals surface area contributed by atoms with Gasteiger partial charge in [-0.25, -0.2) is 4.79 Å². The predicted octanol–water partition coefficient (Wildman–Crippen LogP) is 3.00. The summed E-state index contributed by atoms with van der Waals surface area (Å²) in [6.07, 6.45) is 1.96. The lowest BCUT2D eigenvalue weighted by atomic mass is 10.1. The van der Waals surface area contributed by atoms with Crippen LogP contribution >= 0.6 is 0 Å². The average molecular weight is 362 g/mol. The molecule has 0 aromatic heterocycles. The second kappa shape index (κ2) is 10.0. The van der Waals surface area contributed by atoms with Crippen LogP contribution in [0.4, 0.5) is 4.79 Å². The van der Waals surface area contributed by atoms with Crippen LogP contribution < -0.4 is 10.1 Å².